The normalized spacial score (nSPS) is 13.1. The van der Waals surface area contributed by atoms with Crippen molar-refractivity contribution >= 4 is 15.8 Å². The Morgan fingerprint density at radius 3 is 2.56 bits per heavy atom. The number of sulfone groups is 1. The average molecular weight is 276 g/mol. The molecule has 5 nitrogen and oxygen atoms in total. The second kappa shape index (κ2) is 5.45. The predicted octanol–water partition coefficient (Wildman–Crippen LogP) is 0.826. The van der Waals surface area contributed by atoms with Crippen LogP contribution in [0.3, 0.4) is 0 Å². The molecule has 0 bridgehead atoms. The molecule has 0 saturated carbocycles. The van der Waals surface area contributed by atoms with Crippen molar-refractivity contribution < 1.29 is 27.4 Å². The zero-order valence-electron chi connectivity index (χ0n) is 9.88. The van der Waals surface area contributed by atoms with Gasteiger partial charge in [0.1, 0.15) is 5.82 Å². The Kier molecular flexibility index (Phi) is 4.42. The van der Waals surface area contributed by atoms with E-state index in [1.165, 1.54) is 0 Å². The minimum Gasteiger partial charge on any atom is -0.464 e. The molecular formula is C11H13FO5S. The minimum absolute atomic E-state index is 0.0597. The SMILES string of the molecule is CCOC(=O)C(O)c1cc(F)cc(S(C)(=O)=O)c1. The maximum Gasteiger partial charge on any atom is 0.339 e. The highest BCUT2D eigenvalue weighted by Crippen LogP contribution is 2.20. The molecule has 1 atom stereocenters. The lowest BCUT2D eigenvalue weighted by molar-refractivity contribution is -0.153. The van der Waals surface area contributed by atoms with Gasteiger partial charge >= 0.3 is 5.97 Å². The highest BCUT2D eigenvalue weighted by molar-refractivity contribution is 7.90. The standard InChI is InChI=1S/C11H13FO5S/c1-3-17-11(14)10(13)7-4-8(12)6-9(5-7)18(2,15)16/h4-6,10,13H,3H2,1-2H3. The van der Waals surface area contributed by atoms with Crippen molar-refractivity contribution in [2.75, 3.05) is 12.9 Å². The van der Waals surface area contributed by atoms with E-state index in [-0.39, 0.29) is 17.1 Å². The molecular weight excluding hydrogens is 263 g/mol. The molecule has 1 aromatic rings. The van der Waals surface area contributed by atoms with Gasteiger partial charge in [-0.2, -0.15) is 0 Å². The van der Waals surface area contributed by atoms with Crippen LogP contribution in [0.4, 0.5) is 4.39 Å². The first kappa shape index (κ1) is 14.6. The van der Waals surface area contributed by atoms with Crippen molar-refractivity contribution in [1.29, 1.82) is 0 Å². The molecule has 0 fully saturated rings. The second-order valence-electron chi connectivity index (χ2n) is 3.65. The predicted molar refractivity (Wildman–Crippen MR) is 61.1 cm³/mol. The molecule has 0 aromatic heterocycles. The molecule has 1 aromatic carbocycles. The van der Waals surface area contributed by atoms with E-state index in [0.29, 0.717) is 0 Å². The van der Waals surface area contributed by atoms with Gasteiger partial charge in [0, 0.05) is 6.26 Å². The van der Waals surface area contributed by atoms with Gasteiger partial charge < -0.3 is 9.84 Å². The van der Waals surface area contributed by atoms with Gasteiger partial charge in [0.2, 0.25) is 0 Å². The van der Waals surface area contributed by atoms with Crippen LogP contribution in [0.1, 0.15) is 18.6 Å². The second-order valence-corrected chi connectivity index (χ2v) is 5.66. The van der Waals surface area contributed by atoms with E-state index in [0.717, 1.165) is 24.5 Å². The smallest absolute Gasteiger partial charge is 0.339 e. The highest BCUT2D eigenvalue weighted by atomic mass is 32.2. The summed E-state index contributed by atoms with van der Waals surface area (Å²) < 4.78 is 40.4. The number of hydrogen-bond acceptors (Lipinski definition) is 5. The molecule has 0 amide bonds. The number of ether oxygens (including phenoxy) is 1. The summed E-state index contributed by atoms with van der Waals surface area (Å²) in [5.74, 6) is -1.81. The number of carbonyl (C=O) groups excluding carboxylic acids is 1. The average Bonchev–Trinajstić information content (AvgIpc) is 2.26. The fourth-order valence-electron chi connectivity index (χ4n) is 1.31. The summed E-state index contributed by atoms with van der Waals surface area (Å²) in [5, 5.41) is 9.60. The number of esters is 1. The number of halogens is 1. The first-order valence-corrected chi connectivity index (χ1v) is 7.00. The Labute approximate surface area is 104 Å². The van der Waals surface area contributed by atoms with Crippen LogP contribution < -0.4 is 0 Å². The van der Waals surface area contributed by atoms with Crippen molar-refractivity contribution in [2.24, 2.45) is 0 Å². The van der Waals surface area contributed by atoms with Crippen LogP contribution in [0.25, 0.3) is 0 Å². The third-order valence-corrected chi connectivity index (χ3v) is 3.24. The Bertz CT molecular complexity index is 553. The Morgan fingerprint density at radius 1 is 1.44 bits per heavy atom. The van der Waals surface area contributed by atoms with Crippen LogP contribution in [0.2, 0.25) is 0 Å². The lowest BCUT2D eigenvalue weighted by atomic mass is 10.1. The van der Waals surface area contributed by atoms with Crippen LogP contribution in [0.15, 0.2) is 23.1 Å². The van der Waals surface area contributed by atoms with Crippen LogP contribution >= 0.6 is 0 Å². The Balaban J connectivity index is 3.18. The van der Waals surface area contributed by atoms with Crippen LogP contribution in [0, 0.1) is 5.82 Å². The van der Waals surface area contributed by atoms with Gasteiger partial charge in [-0.1, -0.05) is 0 Å². The summed E-state index contributed by atoms with van der Waals surface area (Å²) in [6, 6.07) is 2.74. The zero-order valence-corrected chi connectivity index (χ0v) is 10.7. The fourth-order valence-corrected chi connectivity index (χ4v) is 1.99. The van der Waals surface area contributed by atoms with Gasteiger partial charge in [0.05, 0.1) is 11.5 Å². The van der Waals surface area contributed by atoms with Gasteiger partial charge in [0.15, 0.2) is 15.9 Å². The molecule has 0 aliphatic heterocycles. The van der Waals surface area contributed by atoms with Crippen LogP contribution in [0.5, 0.6) is 0 Å². The van der Waals surface area contributed by atoms with E-state index >= 15 is 0 Å². The van der Waals surface area contributed by atoms with E-state index in [9.17, 15) is 22.7 Å². The van der Waals surface area contributed by atoms with E-state index in [1.54, 1.807) is 6.92 Å². The van der Waals surface area contributed by atoms with Crippen molar-refractivity contribution in [1.82, 2.24) is 0 Å². The van der Waals surface area contributed by atoms with Gasteiger partial charge in [-0.05, 0) is 30.7 Å². The quantitative estimate of drug-likeness (QED) is 0.824. The van der Waals surface area contributed by atoms with Crippen molar-refractivity contribution in [3.63, 3.8) is 0 Å². The van der Waals surface area contributed by atoms with E-state index < -0.39 is 27.7 Å². The number of carbonyl (C=O) groups is 1. The summed E-state index contributed by atoms with van der Waals surface area (Å²) in [4.78, 5) is 11.0. The minimum atomic E-state index is -3.62. The van der Waals surface area contributed by atoms with Gasteiger partial charge in [0.25, 0.3) is 0 Å². The summed E-state index contributed by atoms with van der Waals surface area (Å²) in [6.45, 7) is 1.61. The summed E-state index contributed by atoms with van der Waals surface area (Å²) >= 11 is 0. The van der Waals surface area contributed by atoms with Gasteiger partial charge in [-0.3, -0.25) is 0 Å². The van der Waals surface area contributed by atoms with Crippen molar-refractivity contribution in [3.05, 3.63) is 29.6 Å². The van der Waals surface area contributed by atoms with E-state index in [4.69, 9.17) is 0 Å². The lowest BCUT2D eigenvalue weighted by Gasteiger charge is -2.11. The van der Waals surface area contributed by atoms with Crippen molar-refractivity contribution in [3.8, 4) is 0 Å². The molecule has 0 radical (unpaired) electrons. The largest absolute Gasteiger partial charge is 0.464 e. The molecule has 0 heterocycles. The molecule has 0 saturated heterocycles. The summed E-state index contributed by atoms with van der Waals surface area (Å²) in [5.41, 5.74) is -0.158. The third-order valence-electron chi connectivity index (χ3n) is 2.15. The Hall–Kier alpha value is -1.47. The third kappa shape index (κ3) is 3.51. The maximum atomic E-state index is 13.2. The molecule has 1 N–H and O–H groups in total. The molecule has 1 unspecified atom stereocenters. The maximum absolute atomic E-state index is 13.2. The molecule has 0 spiro atoms. The lowest BCUT2D eigenvalue weighted by Crippen LogP contribution is -2.16. The van der Waals surface area contributed by atoms with Crippen molar-refractivity contribution in [2.45, 2.75) is 17.9 Å². The number of hydrogen-bond donors (Lipinski definition) is 1. The molecule has 0 aliphatic rings. The molecule has 100 valence electrons. The Morgan fingerprint density at radius 2 is 2.06 bits per heavy atom. The fraction of sp³-hybridized carbons (Fsp3) is 0.364. The molecule has 7 heteroatoms. The molecule has 0 aliphatic carbocycles. The number of benzene rings is 1. The van der Waals surface area contributed by atoms with E-state index in [1.807, 2.05) is 0 Å². The summed E-state index contributed by atoms with van der Waals surface area (Å²) in [7, 11) is -3.62. The van der Waals surface area contributed by atoms with Gasteiger partial charge in [-0.15, -0.1) is 0 Å². The topological polar surface area (TPSA) is 80.7 Å². The molecule has 1 rings (SSSR count). The molecule has 18 heavy (non-hydrogen) atoms. The van der Waals surface area contributed by atoms with Gasteiger partial charge in [-0.25, -0.2) is 17.6 Å². The highest BCUT2D eigenvalue weighted by Gasteiger charge is 2.21. The first-order chi connectivity index (χ1) is 8.25. The van der Waals surface area contributed by atoms with Crippen LogP contribution in [-0.4, -0.2) is 32.4 Å². The monoisotopic (exact) mass is 276 g/mol. The number of rotatable bonds is 4. The van der Waals surface area contributed by atoms with Crippen LogP contribution in [-0.2, 0) is 19.4 Å². The zero-order chi connectivity index (χ0) is 13.9. The van der Waals surface area contributed by atoms with E-state index in [2.05, 4.69) is 4.74 Å². The first-order valence-electron chi connectivity index (χ1n) is 5.11. The summed E-state index contributed by atoms with van der Waals surface area (Å²) in [6.07, 6.45) is -0.802. The number of aliphatic hydroxyl groups excluding tert-OH is 1. The number of aliphatic hydroxyl groups is 1.